The number of fused-ring (bicyclic) bond motifs is 1. The molecule has 5 nitrogen and oxygen atoms in total. The van der Waals surface area contributed by atoms with Gasteiger partial charge >= 0.3 is 0 Å². The van der Waals surface area contributed by atoms with Crippen LogP contribution in [0, 0.1) is 11.8 Å². The number of nitrogens with one attached hydrogen (secondary N) is 1. The van der Waals surface area contributed by atoms with Crippen molar-refractivity contribution in [3.63, 3.8) is 0 Å². The molecule has 1 heterocycles. The maximum absolute atomic E-state index is 12.6. The average Bonchev–Trinajstić information content (AvgIpc) is 2.83. The van der Waals surface area contributed by atoms with E-state index in [0.29, 0.717) is 24.4 Å². The lowest BCUT2D eigenvalue weighted by atomic mass is 9.85. The number of hydrogen-bond acceptors (Lipinski definition) is 3. The Balaban J connectivity index is 1.66. The van der Waals surface area contributed by atoms with E-state index in [0.717, 1.165) is 10.5 Å². The van der Waals surface area contributed by atoms with E-state index in [1.165, 1.54) is 0 Å². The van der Waals surface area contributed by atoms with Gasteiger partial charge in [-0.1, -0.05) is 48.0 Å². The Labute approximate surface area is 145 Å². The predicted octanol–water partition coefficient (Wildman–Crippen LogP) is 2.21. The van der Waals surface area contributed by atoms with Gasteiger partial charge in [0.25, 0.3) is 0 Å². The van der Waals surface area contributed by atoms with Crippen molar-refractivity contribution < 1.29 is 14.4 Å². The van der Waals surface area contributed by atoms with Crippen LogP contribution in [-0.4, -0.2) is 28.7 Å². The summed E-state index contributed by atoms with van der Waals surface area (Å²) in [6, 6.07) is 8.66. The number of halogens is 1. The molecule has 0 bridgehead atoms. The van der Waals surface area contributed by atoms with Crippen LogP contribution in [-0.2, 0) is 20.9 Å². The van der Waals surface area contributed by atoms with Crippen molar-refractivity contribution in [2.45, 2.75) is 32.4 Å². The van der Waals surface area contributed by atoms with E-state index in [2.05, 4.69) is 5.32 Å². The summed E-state index contributed by atoms with van der Waals surface area (Å²) >= 11 is 6.00. The van der Waals surface area contributed by atoms with E-state index in [1.807, 2.05) is 30.3 Å². The molecule has 0 radical (unpaired) electrons. The van der Waals surface area contributed by atoms with Crippen molar-refractivity contribution in [3.8, 4) is 0 Å². The Morgan fingerprint density at radius 3 is 2.62 bits per heavy atom. The summed E-state index contributed by atoms with van der Waals surface area (Å²) in [4.78, 5) is 38.6. The van der Waals surface area contributed by atoms with Crippen LogP contribution in [0.4, 0.5) is 0 Å². The predicted molar refractivity (Wildman–Crippen MR) is 89.8 cm³/mol. The highest BCUT2D eigenvalue weighted by molar-refractivity contribution is 6.30. The number of imide groups is 1. The zero-order valence-electron chi connectivity index (χ0n) is 13.4. The first-order valence-electron chi connectivity index (χ1n) is 8.02. The second-order valence-electron chi connectivity index (χ2n) is 6.23. The van der Waals surface area contributed by atoms with E-state index in [9.17, 15) is 14.4 Å². The Hall–Kier alpha value is -2.14. The average molecular weight is 347 g/mol. The minimum atomic E-state index is -0.821. The van der Waals surface area contributed by atoms with Crippen molar-refractivity contribution in [1.82, 2.24) is 10.2 Å². The fourth-order valence-corrected chi connectivity index (χ4v) is 3.54. The molecule has 0 unspecified atom stereocenters. The monoisotopic (exact) mass is 346 g/mol. The summed E-state index contributed by atoms with van der Waals surface area (Å²) in [6.07, 6.45) is 2.63. The number of allylic oxidation sites excluding steroid dienone is 2. The third-order valence-electron chi connectivity index (χ3n) is 4.68. The van der Waals surface area contributed by atoms with Gasteiger partial charge in [-0.05, 0) is 25.3 Å². The largest absolute Gasteiger partial charge is 0.350 e. The SMILES string of the molecule is C[C@H](C(=O)NCc1ccccc1)N1C(=O)[C@@H]2CC=C(Cl)C[C@H]2C1=O. The van der Waals surface area contributed by atoms with Crippen molar-refractivity contribution in [2.75, 3.05) is 0 Å². The third kappa shape index (κ3) is 3.08. The molecule has 24 heavy (non-hydrogen) atoms. The summed E-state index contributed by atoms with van der Waals surface area (Å²) in [5.41, 5.74) is 0.960. The topological polar surface area (TPSA) is 66.5 Å². The molecule has 3 rings (SSSR count). The Morgan fingerprint density at radius 2 is 1.92 bits per heavy atom. The summed E-state index contributed by atoms with van der Waals surface area (Å²) in [7, 11) is 0. The maximum Gasteiger partial charge on any atom is 0.243 e. The molecule has 6 heteroatoms. The number of likely N-dealkylation sites (tertiary alicyclic amines) is 1. The maximum atomic E-state index is 12.6. The Kier molecular flexibility index (Phi) is 4.71. The van der Waals surface area contributed by atoms with Crippen LogP contribution >= 0.6 is 11.6 Å². The molecule has 3 atom stereocenters. The molecular formula is C18H19ClN2O3. The molecule has 126 valence electrons. The molecule has 1 aromatic carbocycles. The highest BCUT2D eigenvalue weighted by atomic mass is 35.5. The number of carbonyl (C=O) groups excluding carboxylic acids is 3. The lowest BCUT2D eigenvalue weighted by Crippen LogP contribution is -2.48. The molecule has 3 amide bonds. The van der Waals surface area contributed by atoms with E-state index < -0.39 is 12.0 Å². The number of nitrogens with zero attached hydrogens (tertiary/aromatic N) is 1. The highest BCUT2D eigenvalue weighted by Gasteiger charge is 2.50. The van der Waals surface area contributed by atoms with E-state index in [-0.39, 0.29) is 23.6 Å². The van der Waals surface area contributed by atoms with Gasteiger partial charge in [-0.2, -0.15) is 0 Å². The summed E-state index contributed by atoms with van der Waals surface area (Å²) in [5, 5.41) is 3.39. The molecule has 0 saturated carbocycles. The molecule has 1 aliphatic heterocycles. The van der Waals surface area contributed by atoms with Crippen LogP contribution in [0.2, 0.25) is 0 Å². The summed E-state index contributed by atoms with van der Waals surface area (Å²) < 4.78 is 0. The van der Waals surface area contributed by atoms with Gasteiger partial charge in [0.05, 0.1) is 11.8 Å². The van der Waals surface area contributed by atoms with Crippen LogP contribution < -0.4 is 5.32 Å². The van der Waals surface area contributed by atoms with Gasteiger partial charge in [0.15, 0.2) is 0 Å². The van der Waals surface area contributed by atoms with Crippen LogP contribution in [0.25, 0.3) is 0 Å². The van der Waals surface area contributed by atoms with E-state index >= 15 is 0 Å². The van der Waals surface area contributed by atoms with Crippen LogP contribution in [0.15, 0.2) is 41.4 Å². The number of amides is 3. The van der Waals surface area contributed by atoms with Crippen molar-refractivity contribution in [1.29, 1.82) is 0 Å². The van der Waals surface area contributed by atoms with Gasteiger partial charge in [0.2, 0.25) is 17.7 Å². The molecule has 1 fully saturated rings. The zero-order chi connectivity index (χ0) is 17.3. The smallest absolute Gasteiger partial charge is 0.243 e. The number of benzene rings is 1. The van der Waals surface area contributed by atoms with Crippen molar-refractivity contribution in [2.24, 2.45) is 11.8 Å². The van der Waals surface area contributed by atoms with E-state index in [4.69, 9.17) is 11.6 Å². The molecule has 1 saturated heterocycles. The number of hydrogen-bond donors (Lipinski definition) is 1. The normalized spacial score (nSPS) is 24.4. The van der Waals surface area contributed by atoms with Crippen LogP contribution in [0.5, 0.6) is 0 Å². The first-order valence-corrected chi connectivity index (χ1v) is 8.40. The minimum absolute atomic E-state index is 0.271. The van der Waals surface area contributed by atoms with Crippen molar-refractivity contribution in [3.05, 3.63) is 47.0 Å². The molecule has 0 aromatic heterocycles. The first-order chi connectivity index (χ1) is 11.5. The molecule has 1 N–H and O–H groups in total. The number of rotatable bonds is 4. The quantitative estimate of drug-likeness (QED) is 0.850. The molecule has 2 aliphatic rings. The van der Waals surface area contributed by atoms with Crippen LogP contribution in [0.3, 0.4) is 0 Å². The van der Waals surface area contributed by atoms with Gasteiger partial charge in [-0.15, -0.1) is 0 Å². The molecule has 0 spiro atoms. The van der Waals surface area contributed by atoms with E-state index in [1.54, 1.807) is 13.0 Å². The van der Waals surface area contributed by atoms with Crippen LogP contribution in [0.1, 0.15) is 25.3 Å². The third-order valence-corrected chi connectivity index (χ3v) is 4.99. The Morgan fingerprint density at radius 1 is 1.25 bits per heavy atom. The molecule has 1 aromatic rings. The molecule has 1 aliphatic carbocycles. The minimum Gasteiger partial charge on any atom is -0.350 e. The lowest BCUT2D eigenvalue weighted by Gasteiger charge is -2.22. The summed E-state index contributed by atoms with van der Waals surface area (Å²) in [5.74, 6) is -1.71. The lowest BCUT2D eigenvalue weighted by molar-refractivity contribution is -0.147. The number of carbonyl (C=O) groups is 3. The molecular weight excluding hydrogens is 328 g/mol. The van der Waals surface area contributed by atoms with Gasteiger partial charge in [-0.25, -0.2) is 0 Å². The Bertz CT molecular complexity index is 701. The second-order valence-corrected chi connectivity index (χ2v) is 6.72. The van der Waals surface area contributed by atoms with Gasteiger partial charge in [0, 0.05) is 11.6 Å². The summed E-state index contributed by atoms with van der Waals surface area (Å²) in [6.45, 7) is 1.95. The standard InChI is InChI=1S/C18H19ClN2O3/c1-11(16(22)20-10-12-5-3-2-4-6-12)21-17(23)14-8-7-13(19)9-15(14)18(21)24/h2-7,11,14-15H,8-10H2,1H3,(H,20,22)/t11-,14-,15-/m1/s1. The second kappa shape index (κ2) is 6.77. The highest BCUT2D eigenvalue weighted by Crippen LogP contribution is 2.39. The zero-order valence-corrected chi connectivity index (χ0v) is 14.1. The van der Waals surface area contributed by atoms with Gasteiger partial charge < -0.3 is 5.32 Å². The van der Waals surface area contributed by atoms with Gasteiger partial charge in [0.1, 0.15) is 6.04 Å². The first kappa shape index (κ1) is 16.7. The fourth-order valence-electron chi connectivity index (χ4n) is 3.28. The fraction of sp³-hybridized carbons (Fsp3) is 0.389. The van der Waals surface area contributed by atoms with Gasteiger partial charge in [-0.3, -0.25) is 19.3 Å². The van der Waals surface area contributed by atoms with Crippen molar-refractivity contribution >= 4 is 29.3 Å².